The number of nitrogens with one attached hydrogen (secondary N) is 1. The molecule has 0 saturated carbocycles. The second-order valence-electron chi connectivity index (χ2n) is 3.37. The SMILES string of the molecule is CCCN(CC(=O)OCC)C(=O)c1ncn[nH]1. The zero-order valence-electron chi connectivity index (χ0n) is 9.97. The van der Waals surface area contributed by atoms with Gasteiger partial charge in [0, 0.05) is 6.54 Å². The molecule has 0 saturated heterocycles. The van der Waals surface area contributed by atoms with Crippen molar-refractivity contribution < 1.29 is 14.3 Å². The van der Waals surface area contributed by atoms with Gasteiger partial charge in [-0.2, -0.15) is 5.10 Å². The lowest BCUT2D eigenvalue weighted by Crippen LogP contribution is -2.37. The summed E-state index contributed by atoms with van der Waals surface area (Å²) in [5, 5.41) is 6.08. The maximum Gasteiger partial charge on any atom is 0.325 e. The van der Waals surface area contributed by atoms with Gasteiger partial charge in [-0.3, -0.25) is 14.7 Å². The molecule has 0 spiro atoms. The van der Waals surface area contributed by atoms with Crippen LogP contribution in [0.4, 0.5) is 0 Å². The monoisotopic (exact) mass is 240 g/mol. The van der Waals surface area contributed by atoms with E-state index in [1.165, 1.54) is 11.2 Å². The summed E-state index contributed by atoms with van der Waals surface area (Å²) in [4.78, 5) is 28.4. The minimum Gasteiger partial charge on any atom is -0.465 e. The van der Waals surface area contributed by atoms with Crippen LogP contribution < -0.4 is 0 Å². The number of hydrogen-bond acceptors (Lipinski definition) is 5. The van der Waals surface area contributed by atoms with Crippen molar-refractivity contribution in [2.24, 2.45) is 0 Å². The van der Waals surface area contributed by atoms with Crippen molar-refractivity contribution in [1.82, 2.24) is 20.1 Å². The zero-order valence-corrected chi connectivity index (χ0v) is 9.97. The molecule has 17 heavy (non-hydrogen) atoms. The number of rotatable bonds is 6. The van der Waals surface area contributed by atoms with E-state index in [-0.39, 0.29) is 18.3 Å². The lowest BCUT2D eigenvalue weighted by Gasteiger charge is -2.19. The molecule has 0 radical (unpaired) electrons. The number of aromatic nitrogens is 3. The molecule has 94 valence electrons. The summed E-state index contributed by atoms with van der Waals surface area (Å²) < 4.78 is 4.81. The van der Waals surface area contributed by atoms with Crippen molar-refractivity contribution in [1.29, 1.82) is 0 Å². The standard InChI is InChI=1S/C10H16N4O3/c1-3-5-14(6-8(15)17-4-2)10(16)9-11-7-12-13-9/h7H,3-6H2,1-2H3,(H,11,12,13). The fraction of sp³-hybridized carbons (Fsp3) is 0.600. The highest BCUT2D eigenvalue weighted by Crippen LogP contribution is 2.00. The van der Waals surface area contributed by atoms with Crippen LogP contribution in [-0.4, -0.2) is 51.7 Å². The van der Waals surface area contributed by atoms with Crippen molar-refractivity contribution >= 4 is 11.9 Å². The van der Waals surface area contributed by atoms with Gasteiger partial charge in [0.25, 0.3) is 5.91 Å². The first-order chi connectivity index (χ1) is 8.19. The van der Waals surface area contributed by atoms with Crippen LogP contribution in [0.3, 0.4) is 0 Å². The van der Waals surface area contributed by atoms with Crippen molar-refractivity contribution in [3.63, 3.8) is 0 Å². The molecule has 7 nitrogen and oxygen atoms in total. The van der Waals surface area contributed by atoms with Crippen molar-refractivity contribution in [3.8, 4) is 0 Å². The molecule has 1 rings (SSSR count). The molecule has 1 N–H and O–H groups in total. The highest BCUT2D eigenvalue weighted by Gasteiger charge is 2.20. The summed E-state index contributed by atoms with van der Waals surface area (Å²) in [5.41, 5.74) is 0. The molecule has 1 amide bonds. The predicted octanol–water partition coefficient (Wildman–Crippen LogP) is 0.220. The van der Waals surface area contributed by atoms with E-state index in [4.69, 9.17) is 4.74 Å². The Morgan fingerprint density at radius 3 is 2.76 bits per heavy atom. The third kappa shape index (κ3) is 3.86. The molecule has 0 aliphatic rings. The molecule has 0 fully saturated rings. The molecular weight excluding hydrogens is 224 g/mol. The minimum atomic E-state index is -0.422. The molecule has 1 aromatic heterocycles. The van der Waals surface area contributed by atoms with E-state index < -0.39 is 5.97 Å². The van der Waals surface area contributed by atoms with Crippen LogP contribution in [0.15, 0.2) is 6.33 Å². The summed E-state index contributed by atoms with van der Waals surface area (Å²) in [6, 6.07) is 0. The van der Waals surface area contributed by atoms with E-state index in [9.17, 15) is 9.59 Å². The first-order valence-corrected chi connectivity index (χ1v) is 5.49. The number of esters is 1. The summed E-state index contributed by atoms with van der Waals surface area (Å²) in [7, 11) is 0. The third-order valence-corrected chi connectivity index (χ3v) is 2.02. The van der Waals surface area contributed by atoms with Gasteiger partial charge in [0.2, 0.25) is 5.82 Å². The third-order valence-electron chi connectivity index (χ3n) is 2.02. The molecule has 0 atom stereocenters. The van der Waals surface area contributed by atoms with Crippen LogP contribution in [-0.2, 0) is 9.53 Å². The lowest BCUT2D eigenvalue weighted by molar-refractivity contribution is -0.143. The first kappa shape index (κ1) is 13.1. The maximum atomic E-state index is 11.9. The number of amides is 1. The summed E-state index contributed by atoms with van der Waals surface area (Å²) in [6.07, 6.45) is 2.00. The normalized spacial score (nSPS) is 10.0. The summed E-state index contributed by atoms with van der Waals surface area (Å²) >= 11 is 0. The molecule has 7 heteroatoms. The van der Waals surface area contributed by atoms with Gasteiger partial charge >= 0.3 is 5.97 Å². The Bertz CT molecular complexity index is 364. The van der Waals surface area contributed by atoms with E-state index >= 15 is 0 Å². The number of carbonyl (C=O) groups excluding carboxylic acids is 2. The van der Waals surface area contributed by atoms with Crippen molar-refractivity contribution in [3.05, 3.63) is 12.2 Å². The van der Waals surface area contributed by atoms with E-state index in [0.717, 1.165) is 6.42 Å². The molecule has 1 aromatic rings. The van der Waals surface area contributed by atoms with Gasteiger partial charge in [0.05, 0.1) is 6.61 Å². The van der Waals surface area contributed by atoms with Crippen LogP contribution in [0.5, 0.6) is 0 Å². The number of nitrogens with zero attached hydrogens (tertiary/aromatic N) is 3. The molecule has 0 unspecified atom stereocenters. The Morgan fingerprint density at radius 2 is 2.24 bits per heavy atom. The van der Waals surface area contributed by atoms with Crippen LogP contribution in [0.2, 0.25) is 0 Å². The second kappa shape index (κ2) is 6.62. The largest absolute Gasteiger partial charge is 0.465 e. The predicted molar refractivity (Wildman–Crippen MR) is 59.2 cm³/mol. The van der Waals surface area contributed by atoms with Gasteiger partial charge in [-0.25, -0.2) is 4.98 Å². The average molecular weight is 240 g/mol. The van der Waals surface area contributed by atoms with Crippen LogP contribution in [0.1, 0.15) is 30.9 Å². The van der Waals surface area contributed by atoms with Crippen LogP contribution >= 0.6 is 0 Å². The molecular formula is C10H16N4O3. The van der Waals surface area contributed by atoms with Gasteiger partial charge in [0.15, 0.2) is 0 Å². The van der Waals surface area contributed by atoms with Crippen LogP contribution in [0, 0.1) is 0 Å². The van der Waals surface area contributed by atoms with Gasteiger partial charge in [0.1, 0.15) is 12.9 Å². The Kier molecular flexibility index (Phi) is 5.12. The summed E-state index contributed by atoms with van der Waals surface area (Å²) in [6.45, 7) is 4.35. The van der Waals surface area contributed by atoms with Gasteiger partial charge in [-0.1, -0.05) is 6.92 Å². The number of ether oxygens (including phenoxy) is 1. The second-order valence-corrected chi connectivity index (χ2v) is 3.37. The maximum absolute atomic E-state index is 11.9. The highest BCUT2D eigenvalue weighted by atomic mass is 16.5. The first-order valence-electron chi connectivity index (χ1n) is 5.49. The molecule has 1 heterocycles. The number of hydrogen-bond donors (Lipinski definition) is 1. The molecule has 0 aliphatic heterocycles. The molecule has 0 bridgehead atoms. The molecule has 0 aliphatic carbocycles. The Morgan fingerprint density at radius 1 is 1.47 bits per heavy atom. The van der Waals surface area contributed by atoms with Gasteiger partial charge in [-0.05, 0) is 13.3 Å². The van der Waals surface area contributed by atoms with Crippen LogP contribution in [0.25, 0.3) is 0 Å². The summed E-state index contributed by atoms with van der Waals surface area (Å²) in [5.74, 6) is -0.644. The quantitative estimate of drug-likeness (QED) is 0.718. The zero-order chi connectivity index (χ0) is 12.7. The van der Waals surface area contributed by atoms with Crippen molar-refractivity contribution in [2.45, 2.75) is 20.3 Å². The minimum absolute atomic E-state index is 0.0682. The number of carbonyl (C=O) groups is 2. The fourth-order valence-electron chi connectivity index (χ4n) is 1.34. The highest BCUT2D eigenvalue weighted by molar-refractivity contribution is 5.92. The van der Waals surface area contributed by atoms with Gasteiger partial charge < -0.3 is 9.64 Å². The van der Waals surface area contributed by atoms with Crippen molar-refractivity contribution in [2.75, 3.05) is 19.7 Å². The Hall–Kier alpha value is -1.92. The average Bonchev–Trinajstić information content (AvgIpc) is 2.81. The fourth-order valence-corrected chi connectivity index (χ4v) is 1.34. The van der Waals surface area contributed by atoms with E-state index in [1.54, 1.807) is 6.92 Å². The Labute approximate surface area is 99.2 Å². The van der Waals surface area contributed by atoms with E-state index in [1.807, 2.05) is 6.92 Å². The topological polar surface area (TPSA) is 88.2 Å². The van der Waals surface area contributed by atoms with E-state index in [0.29, 0.717) is 13.2 Å². The molecule has 0 aromatic carbocycles. The Balaban J connectivity index is 2.65. The number of aromatic amines is 1. The number of H-pyrrole nitrogens is 1. The van der Waals surface area contributed by atoms with Gasteiger partial charge in [-0.15, -0.1) is 0 Å². The van der Waals surface area contributed by atoms with E-state index in [2.05, 4.69) is 15.2 Å². The smallest absolute Gasteiger partial charge is 0.325 e. The lowest BCUT2D eigenvalue weighted by atomic mass is 10.3.